The van der Waals surface area contributed by atoms with Gasteiger partial charge in [0.25, 0.3) is 0 Å². The Hall–Kier alpha value is -8.21. The van der Waals surface area contributed by atoms with Gasteiger partial charge in [-0.25, -0.2) is 4.99 Å². The van der Waals surface area contributed by atoms with E-state index in [1.165, 1.54) is 71.6 Å². The summed E-state index contributed by atoms with van der Waals surface area (Å²) in [6, 6.07) is 79.8. The van der Waals surface area contributed by atoms with Crippen LogP contribution < -0.4 is 5.73 Å². The van der Waals surface area contributed by atoms with Crippen LogP contribution in [0.3, 0.4) is 0 Å². The van der Waals surface area contributed by atoms with Crippen LogP contribution in [0.4, 0.5) is 0 Å². The smallest absolute Gasteiger partial charge is 0.131 e. The molecule has 2 N–H and O–H groups in total. The van der Waals surface area contributed by atoms with E-state index in [2.05, 4.69) is 191 Å². The molecular formula is C58H42N4. The maximum atomic E-state index is 6.52. The summed E-state index contributed by atoms with van der Waals surface area (Å²) in [6.45, 7) is 0. The number of rotatable bonds is 9. The molecule has 0 amide bonds. The van der Waals surface area contributed by atoms with Crippen LogP contribution in [-0.4, -0.2) is 15.0 Å². The van der Waals surface area contributed by atoms with Gasteiger partial charge in [0.1, 0.15) is 5.84 Å². The van der Waals surface area contributed by atoms with Crippen molar-refractivity contribution in [2.45, 2.75) is 6.42 Å². The Balaban J connectivity index is 0.948. The predicted octanol–water partition coefficient (Wildman–Crippen LogP) is 14.2. The Labute approximate surface area is 360 Å². The highest BCUT2D eigenvalue weighted by Gasteiger charge is 2.16. The molecule has 4 nitrogen and oxygen atoms in total. The zero-order chi connectivity index (χ0) is 41.4. The van der Waals surface area contributed by atoms with Crippen LogP contribution in [0, 0.1) is 0 Å². The molecular weight excluding hydrogens is 753 g/mol. The maximum Gasteiger partial charge on any atom is 0.131 e. The van der Waals surface area contributed by atoms with Gasteiger partial charge in [0.2, 0.25) is 0 Å². The van der Waals surface area contributed by atoms with E-state index in [4.69, 9.17) is 10.7 Å². The van der Waals surface area contributed by atoms with E-state index < -0.39 is 0 Å². The average molecular weight is 795 g/mol. The number of para-hydroxylation sites is 3. The molecule has 0 aliphatic rings. The minimum atomic E-state index is 0.498. The minimum Gasteiger partial charge on any atom is -0.383 e. The van der Waals surface area contributed by atoms with Gasteiger partial charge in [0, 0.05) is 38.5 Å². The molecule has 11 rings (SSSR count). The number of fused-ring (bicyclic) bond motifs is 6. The van der Waals surface area contributed by atoms with E-state index in [0.717, 1.165) is 28.1 Å². The van der Waals surface area contributed by atoms with E-state index in [9.17, 15) is 0 Å². The van der Waals surface area contributed by atoms with Gasteiger partial charge in [-0.2, -0.15) is 0 Å². The Morgan fingerprint density at radius 2 is 0.855 bits per heavy atom. The third-order valence-corrected chi connectivity index (χ3v) is 12.0. The fourth-order valence-electron chi connectivity index (χ4n) is 9.00. The number of allylic oxidation sites excluding steroid dienone is 1. The van der Waals surface area contributed by atoms with Crippen molar-refractivity contribution < 1.29 is 0 Å². The van der Waals surface area contributed by atoms with E-state index in [1.54, 1.807) is 0 Å². The Morgan fingerprint density at radius 1 is 0.387 bits per heavy atom. The summed E-state index contributed by atoms with van der Waals surface area (Å²) >= 11 is 0. The van der Waals surface area contributed by atoms with Crippen molar-refractivity contribution in [1.29, 1.82) is 0 Å². The number of amidine groups is 1. The fraction of sp³-hybridized carbons (Fsp3) is 0.0172. The average Bonchev–Trinajstić information content (AvgIpc) is 3.86. The monoisotopic (exact) mass is 794 g/mol. The van der Waals surface area contributed by atoms with Crippen molar-refractivity contribution in [1.82, 2.24) is 9.13 Å². The quantitative estimate of drug-likeness (QED) is 0.115. The second-order valence-corrected chi connectivity index (χ2v) is 15.8. The first-order valence-corrected chi connectivity index (χ1v) is 21.1. The molecule has 0 saturated carbocycles. The first-order valence-electron chi connectivity index (χ1n) is 21.1. The molecule has 0 aliphatic carbocycles. The molecule has 0 spiro atoms. The molecule has 294 valence electrons. The van der Waals surface area contributed by atoms with Crippen molar-refractivity contribution in [2.24, 2.45) is 10.7 Å². The van der Waals surface area contributed by atoms with Crippen LogP contribution in [0.5, 0.6) is 0 Å². The molecule has 0 atom stereocenters. The van der Waals surface area contributed by atoms with Gasteiger partial charge in [-0.15, -0.1) is 0 Å². The molecule has 0 fully saturated rings. The van der Waals surface area contributed by atoms with E-state index in [1.807, 2.05) is 48.5 Å². The molecule has 2 aromatic heterocycles. The second-order valence-electron chi connectivity index (χ2n) is 15.8. The summed E-state index contributed by atoms with van der Waals surface area (Å²) < 4.78 is 4.77. The lowest BCUT2D eigenvalue weighted by atomic mass is 10.00. The second kappa shape index (κ2) is 15.8. The van der Waals surface area contributed by atoms with Gasteiger partial charge in [-0.1, -0.05) is 170 Å². The number of nitrogens with two attached hydrogens (primary N) is 1. The minimum absolute atomic E-state index is 0.498. The normalized spacial score (nSPS) is 12.2. The van der Waals surface area contributed by atoms with Gasteiger partial charge < -0.3 is 14.9 Å². The third kappa shape index (κ3) is 6.74. The molecule has 4 heteroatoms. The van der Waals surface area contributed by atoms with Gasteiger partial charge in [0.15, 0.2) is 0 Å². The van der Waals surface area contributed by atoms with Crippen LogP contribution >= 0.6 is 0 Å². The fourth-order valence-corrected chi connectivity index (χ4v) is 9.00. The van der Waals surface area contributed by atoms with Gasteiger partial charge >= 0.3 is 0 Å². The number of hydrogen-bond acceptors (Lipinski definition) is 1. The lowest BCUT2D eigenvalue weighted by molar-refractivity contribution is 1.18. The van der Waals surface area contributed by atoms with Gasteiger partial charge in [0.05, 0.1) is 27.8 Å². The summed E-state index contributed by atoms with van der Waals surface area (Å²) in [5, 5.41) is 4.96. The lowest BCUT2D eigenvalue weighted by Crippen LogP contribution is -2.13. The van der Waals surface area contributed by atoms with Crippen molar-refractivity contribution in [2.75, 3.05) is 0 Å². The zero-order valence-corrected chi connectivity index (χ0v) is 34.1. The standard InChI is InChI=1S/C58H42N4/c59-58(42-19-6-2-7-20-42)60-53(41-17-4-1-5-18-41)33-30-40-16-14-21-43(36-40)44-22-15-25-48(37-44)62-55-29-13-11-27-50(55)52-39-46(32-35-57(52)62)45-31-34-56-51(38-45)49-26-10-12-28-54(49)61(56)47-23-8-3-9-24-47/h1-29,31-39H,30H2,(H2,59,60)/b53-33-. The van der Waals surface area contributed by atoms with Crippen molar-refractivity contribution in [3.8, 4) is 33.6 Å². The van der Waals surface area contributed by atoms with Crippen LogP contribution in [0.25, 0.3) is 82.9 Å². The van der Waals surface area contributed by atoms with Crippen molar-refractivity contribution in [3.05, 3.63) is 247 Å². The van der Waals surface area contributed by atoms with Crippen LogP contribution in [0.15, 0.2) is 236 Å². The molecule has 2 heterocycles. The summed E-state index contributed by atoms with van der Waals surface area (Å²) in [6.07, 6.45) is 2.88. The van der Waals surface area contributed by atoms with Gasteiger partial charge in [-0.3, -0.25) is 0 Å². The highest BCUT2D eigenvalue weighted by atomic mass is 15.0. The van der Waals surface area contributed by atoms with E-state index >= 15 is 0 Å². The number of aliphatic imine (C=N–C) groups is 1. The van der Waals surface area contributed by atoms with E-state index in [0.29, 0.717) is 12.3 Å². The molecule has 0 saturated heterocycles. The number of nitrogens with zero attached hydrogens (tertiary/aromatic N) is 3. The first-order chi connectivity index (χ1) is 30.7. The highest BCUT2D eigenvalue weighted by Crippen LogP contribution is 2.39. The summed E-state index contributed by atoms with van der Waals surface area (Å²) in [4.78, 5) is 4.91. The largest absolute Gasteiger partial charge is 0.383 e. The number of aromatic nitrogens is 2. The molecule has 0 bridgehead atoms. The molecule has 62 heavy (non-hydrogen) atoms. The zero-order valence-electron chi connectivity index (χ0n) is 34.1. The summed E-state index contributed by atoms with van der Waals surface area (Å²) in [7, 11) is 0. The summed E-state index contributed by atoms with van der Waals surface area (Å²) in [5.41, 5.74) is 22.3. The van der Waals surface area contributed by atoms with Crippen LogP contribution in [0.1, 0.15) is 16.7 Å². The molecule has 9 aromatic carbocycles. The van der Waals surface area contributed by atoms with Crippen LogP contribution in [0.2, 0.25) is 0 Å². The number of benzene rings is 9. The van der Waals surface area contributed by atoms with Crippen molar-refractivity contribution in [3.63, 3.8) is 0 Å². The first kappa shape index (κ1) is 36.8. The molecule has 0 unspecified atom stereocenters. The molecule has 0 aliphatic heterocycles. The van der Waals surface area contributed by atoms with E-state index in [-0.39, 0.29) is 0 Å². The third-order valence-electron chi connectivity index (χ3n) is 12.0. The summed E-state index contributed by atoms with van der Waals surface area (Å²) in [5.74, 6) is 0.498. The Bertz CT molecular complexity index is 3480. The molecule has 11 aromatic rings. The number of hydrogen-bond donors (Lipinski definition) is 1. The van der Waals surface area contributed by atoms with Gasteiger partial charge in [-0.05, 0) is 100 Å². The molecule has 0 radical (unpaired) electrons. The topological polar surface area (TPSA) is 48.2 Å². The highest BCUT2D eigenvalue weighted by molar-refractivity contribution is 6.12. The Morgan fingerprint density at radius 3 is 1.48 bits per heavy atom. The van der Waals surface area contributed by atoms with Crippen LogP contribution in [-0.2, 0) is 6.42 Å². The lowest BCUT2D eigenvalue weighted by Gasteiger charge is -2.12. The Kier molecular flexibility index (Phi) is 9.36. The predicted molar refractivity (Wildman–Crippen MR) is 261 cm³/mol. The maximum absolute atomic E-state index is 6.52. The SMILES string of the molecule is NC(=N/C(=C\Cc1cccc(-c2cccc(-n3c4ccccc4c4cc(-c5ccc6c(c5)c5ccccc5n6-c5ccccc5)ccc43)c2)c1)c1ccccc1)c1ccccc1. The van der Waals surface area contributed by atoms with Crippen molar-refractivity contribution >= 4 is 55.1 Å².